The van der Waals surface area contributed by atoms with Crippen LogP contribution in [0, 0.1) is 0 Å². The standard InChI is InChI=1S/C14H15Cl2F3N2O3/c15-9-3-8(4-10(16)5-9)11-6-21(1-2-23-11)7-12(14(17,18)19)24-13(20)22/h3-5,11-12H,1-2,6-7H2,(H2,20,22)/t11-,12-/m0/s1. The van der Waals surface area contributed by atoms with Gasteiger partial charge < -0.3 is 15.2 Å². The van der Waals surface area contributed by atoms with Gasteiger partial charge in [-0.1, -0.05) is 23.2 Å². The van der Waals surface area contributed by atoms with Crippen molar-refractivity contribution in [3.8, 4) is 0 Å². The van der Waals surface area contributed by atoms with Crippen LogP contribution in [0.15, 0.2) is 18.2 Å². The molecule has 1 aromatic carbocycles. The van der Waals surface area contributed by atoms with E-state index in [4.69, 9.17) is 33.7 Å². The van der Waals surface area contributed by atoms with Crippen LogP contribution in [0.2, 0.25) is 10.0 Å². The van der Waals surface area contributed by atoms with Crippen molar-refractivity contribution >= 4 is 29.3 Å². The molecule has 2 atom stereocenters. The third-order valence-electron chi connectivity index (χ3n) is 3.45. The van der Waals surface area contributed by atoms with Crippen molar-refractivity contribution in [3.63, 3.8) is 0 Å². The first-order chi connectivity index (χ1) is 11.1. The molecule has 0 saturated carbocycles. The molecule has 5 nitrogen and oxygen atoms in total. The number of rotatable bonds is 4. The summed E-state index contributed by atoms with van der Waals surface area (Å²) in [7, 11) is 0. The zero-order chi connectivity index (χ0) is 17.9. The Morgan fingerprint density at radius 1 is 1.38 bits per heavy atom. The van der Waals surface area contributed by atoms with Gasteiger partial charge in [-0.05, 0) is 23.8 Å². The number of nitrogens with two attached hydrogens (primary N) is 1. The summed E-state index contributed by atoms with van der Waals surface area (Å²) in [5.41, 5.74) is 5.38. The Morgan fingerprint density at radius 2 is 2.00 bits per heavy atom. The summed E-state index contributed by atoms with van der Waals surface area (Å²) in [6, 6.07) is 4.83. The second-order valence-corrected chi connectivity index (χ2v) is 6.16. The van der Waals surface area contributed by atoms with Crippen LogP contribution in [0.3, 0.4) is 0 Å². The number of morpholine rings is 1. The SMILES string of the molecule is NC(=O)O[C@@H](CN1CCO[C@H](c2cc(Cl)cc(Cl)c2)C1)C(F)(F)F. The summed E-state index contributed by atoms with van der Waals surface area (Å²) in [6.07, 6.45) is -8.96. The van der Waals surface area contributed by atoms with Crippen LogP contribution in [0.4, 0.5) is 18.0 Å². The van der Waals surface area contributed by atoms with Crippen molar-refractivity contribution in [2.45, 2.75) is 18.4 Å². The van der Waals surface area contributed by atoms with Crippen LogP contribution in [0.5, 0.6) is 0 Å². The number of amides is 1. The van der Waals surface area contributed by atoms with E-state index < -0.39 is 31.0 Å². The van der Waals surface area contributed by atoms with Gasteiger partial charge in [0.15, 0.2) is 0 Å². The van der Waals surface area contributed by atoms with E-state index in [0.717, 1.165) is 0 Å². The second kappa shape index (κ2) is 7.77. The molecule has 1 amide bonds. The van der Waals surface area contributed by atoms with Gasteiger partial charge in [-0.2, -0.15) is 13.2 Å². The van der Waals surface area contributed by atoms with Gasteiger partial charge in [-0.15, -0.1) is 0 Å². The number of carbonyl (C=O) groups is 1. The molecule has 0 radical (unpaired) electrons. The lowest BCUT2D eigenvalue weighted by molar-refractivity contribution is -0.210. The molecule has 0 aliphatic carbocycles. The quantitative estimate of drug-likeness (QED) is 0.861. The van der Waals surface area contributed by atoms with Crippen LogP contribution >= 0.6 is 23.2 Å². The van der Waals surface area contributed by atoms with E-state index in [1.807, 2.05) is 0 Å². The molecule has 2 rings (SSSR count). The maximum Gasteiger partial charge on any atom is 0.426 e. The van der Waals surface area contributed by atoms with Gasteiger partial charge in [0.2, 0.25) is 6.10 Å². The van der Waals surface area contributed by atoms with Gasteiger partial charge in [-0.25, -0.2) is 4.79 Å². The fourth-order valence-corrected chi connectivity index (χ4v) is 2.96. The number of halogens is 5. The van der Waals surface area contributed by atoms with Crippen LogP contribution in [-0.4, -0.2) is 49.5 Å². The lowest BCUT2D eigenvalue weighted by Gasteiger charge is -2.35. The zero-order valence-corrected chi connectivity index (χ0v) is 13.9. The highest BCUT2D eigenvalue weighted by atomic mass is 35.5. The summed E-state index contributed by atoms with van der Waals surface area (Å²) in [6.45, 7) is 0.126. The molecular weight excluding hydrogens is 372 g/mol. The van der Waals surface area contributed by atoms with Gasteiger partial charge in [-0.3, -0.25) is 4.90 Å². The van der Waals surface area contributed by atoms with Crippen molar-refractivity contribution in [2.24, 2.45) is 5.73 Å². The molecule has 2 N–H and O–H groups in total. The van der Waals surface area contributed by atoms with Crippen LogP contribution in [0.1, 0.15) is 11.7 Å². The molecular formula is C14H15Cl2F3N2O3. The lowest BCUT2D eigenvalue weighted by Crippen LogP contribution is -2.48. The molecule has 1 aromatic rings. The van der Waals surface area contributed by atoms with Crippen molar-refractivity contribution < 1.29 is 27.4 Å². The molecule has 0 bridgehead atoms. The number of benzene rings is 1. The number of hydrogen-bond acceptors (Lipinski definition) is 4. The van der Waals surface area contributed by atoms with E-state index in [1.54, 1.807) is 18.2 Å². The Morgan fingerprint density at radius 3 is 2.54 bits per heavy atom. The van der Waals surface area contributed by atoms with Crippen LogP contribution in [0.25, 0.3) is 0 Å². The smallest absolute Gasteiger partial charge is 0.426 e. The fraction of sp³-hybridized carbons (Fsp3) is 0.500. The molecule has 134 valence electrons. The molecule has 0 aromatic heterocycles. The molecule has 0 unspecified atom stereocenters. The first kappa shape index (κ1) is 19.1. The average Bonchev–Trinajstić information content (AvgIpc) is 2.44. The minimum absolute atomic E-state index is 0.172. The highest BCUT2D eigenvalue weighted by Gasteiger charge is 2.44. The minimum atomic E-state index is -4.71. The van der Waals surface area contributed by atoms with Gasteiger partial charge in [0, 0.05) is 29.7 Å². The summed E-state index contributed by atoms with van der Waals surface area (Å²) in [4.78, 5) is 12.2. The maximum absolute atomic E-state index is 12.9. The molecule has 1 heterocycles. The number of ether oxygens (including phenoxy) is 2. The molecule has 1 aliphatic heterocycles. The molecule has 10 heteroatoms. The number of nitrogens with zero attached hydrogens (tertiary/aromatic N) is 1. The van der Waals surface area contributed by atoms with Crippen molar-refractivity contribution in [1.82, 2.24) is 4.90 Å². The Kier molecular flexibility index (Phi) is 6.19. The normalized spacial score (nSPS) is 20.6. The predicted octanol–water partition coefficient (Wildman–Crippen LogP) is 3.39. The number of primary amides is 1. The van der Waals surface area contributed by atoms with E-state index in [2.05, 4.69) is 4.74 Å². The van der Waals surface area contributed by atoms with Gasteiger partial charge in [0.05, 0.1) is 12.7 Å². The number of hydrogen-bond donors (Lipinski definition) is 1. The Bertz CT molecular complexity index is 581. The Hall–Kier alpha value is -1.22. The Labute approximate surface area is 146 Å². The largest absolute Gasteiger partial charge is 0.435 e. The van der Waals surface area contributed by atoms with E-state index in [-0.39, 0.29) is 19.7 Å². The van der Waals surface area contributed by atoms with Crippen molar-refractivity contribution in [2.75, 3.05) is 26.2 Å². The Balaban J connectivity index is 2.07. The molecule has 1 saturated heterocycles. The van der Waals surface area contributed by atoms with Gasteiger partial charge in [0.1, 0.15) is 0 Å². The van der Waals surface area contributed by atoms with E-state index in [9.17, 15) is 18.0 Å². The highest BCUT2D eigenvalue weighted by Crippen LogP contribution is 2.29. The van der Waals surface area contributed by atoms with E-state index in [0.29, 0.717) is 15.6 Å². The third kappa shape index (κ3) is 5.41. The molecule has 1 fully saturated rings. The van der Waals surface area contributed by atoms with Crippen LogP contribution in [-0.2, 0) is 9.47 Å². The lowest BCUT2D eigenvalue weighted by atomic mass is 10.1. The van der Waals surface area contributed by atoms with E-state index in [1.165, 1.54) is 4.90 Å². The topological polar surface area (TPSA) is 64.8 Å². The minimum Gasteiger partial charge on any atom is -0.435 e. The average molecular weight is 387 g/mol. The second-order valence-electron chi connectivity index (χ2n) is 5.29. The summed E-state index contributed by atoms with van der Waals surface area (Å²) in [5.74, 6) is 0. The van der Waals surface area contributed by atoms with Gasteiger partial charge in [0.25, 0.3) is 0 Å². The van der Waals surface area contributed by atoms with Crippen molar-refractivity contribution in [1.29, 1.82) is 0 Å². The summed E-state index contributed by atoms with van der Waals surface area (Å²) < 4.78 is 48.6. The molecule has 24 heavy (non-hydrogen) atoms. The summed E-state index contributed by atoms with van der Waals surface area (Å²) >= 11 is 11.9. The van der Waals surface area contributed by atoms with Crippen LogP contribution < -0.4 is 5.73 Å². The third-order valence-corrected chi connectivity index (χ3v) is 3.89. The van der Waals surface area contributed by atoms with Gasteiger partial charge >= 0.3 is 12.3 Å². The summed E-state index contributed by atoms with van der Waals surface area (Å²) in [5, 5.41) is 0.812. The predicted molar refractivity (Wildman–Crippen MR) is 82.1 cm³/mol. The molecule has 1 aliphatic rings. The fourth-order valence-electron chi connectivity index (χ4n) is 2.41. The first-order valence-corrected chi connectivity index (χ1v) is 7.73. The number of carbonyl (C=O) groups excluding carboxylic acids is 1. The van der Waals surface area contributed by atoms with E-state index >= 15 is 0 Å². The molecule has 0 spiro atoms. The zero-order valence-electron chi connectivity index (χ0n) is 12.4. The highest BCUT2D eigenvalue weighted by molar-refractivity contribution is 6.34. The number of alkyl halides is 3. The monoisotopic (exact) mass is 386 g/mol. The van der Waals surface area contributed by atoms with Crippen molar-refractivity contribution in [3.05, 3.63) is 33.8 Å². The maximum atomic E-state index is 12.9. The first-order valence-electron chi connectivity index (χ1n) is 6.98.